The second-order valence-electron chi connectivity index (χ2n) is 20.3. The highest BCUT2D eigenvalue weighted by molar-refractivity contribution is 6.73. The van der Waals surface area contributed by atoms with Gasteiger partial charge in [-0.25, -0.2) is 0 Å². The zero-order valence-electron chi connectivity index (χ0n) is 37.4. The van der Waals surface area contributed by atoms with E-state index in [-0.39, 0.29) is 10.8 Å². The van der Waals surface area contributed by atoms with E-state index in [9.17, 15) is 0 Å². The number of anilines is 5. The maximum Gasteiger partial charge on any atom is 0.245 e. The molecular weight excluding hydrogens is 791 g/mol. The highest BCUT2D eigenvalue weighted by Gasteiger charge is 2.51. The predicted molar refractivity (Wildman–Crippen MR) is 271 cm³/mol. The largest absolute Gasteiger partial charge is 0.469 e. The van der Waals surface area contributed by atoms with Crippen molar-refractivity contribution in [3.63, 3.8) is 0 Å². The van der Waals surface area contributed by atoms with Crippen molar-refractivity contribution >= 4 is 79.7 Å². The number of fused-ring (bicyclic) bond motifs is 17. The number of nitrogens with zero attached hydrogens (tertiary/aromatic N) is 1. The zero-order chi connectivity index (χ0) is 43.6. The van der Waals surface area contributed by atoms with E-state index in [1.807, 2.05) is 0 Å². The van der Waals surface area contributed by atoms with Crippen LogP contribution in [0.4, 0.5) is 28.4 Å². The van der Waals surface area contributed by atoms with E-state index in [0.717, 1.165) is 78.9 Å². The van der Waals surface area contributed by atoms with Gasteiger partial charge in [0.25, 0.3) is 0 Å². The smallest absolute Gasteiger partial charge is 0.245 e. The molecule has 4 aliphatic rings. The quantitative estimate of drug-likeness (QED) is 0.176. The number of benzene rings is 8. The van der Waals surface area contributed by atoms with Crippen LogP contribution in [0, 0.1) is 6.92 Å². The molecule has 0 bridgehead atoms. The van der Waals surface area contributed by atoms with Gasteiger partial charge in [0.05, 0.1) is 22.4 Å². The fourth-order valence-corrected chi connectivity index (χ4v) is 12.7. The first-order valence-electron chi connectivity index (χ1n) is 23.3. The van der Waals surface area contributed by atoms with Crippen molar-refractivity contribution in [1.82, 2.24) is 0 Å². The Hall–Kier alpha value is -7.24. The number of aryl methyl sites for hydroxylation is 1. The third kappa shape index (κ3) is 4.78. The van der Waals surface area contributed by atoms with Crippen molar-refractivity contribution in [3.05, 3.63) is 197 Å². The van der Waals surface area contributed by atoms with Crippen molar-refractivity contribution < 1.29 is 8.83 Å². The summed E-state index contributed by atoms with van der Waals surface area (Å²) in [5.74, 6) is 0. The molecule has 2 aromatic heterocycles. The number of para-hydroxylation sites is 4. The number of hydrogen-bond acceptors (Lipinski definition) is 4. The molecule has 0 atom stereocenters. The van der Waals surface area contributed by atoms with Gasteiger partial charge in [-0.3, -0.25) is 0 Å². The fraction of sp³-hybridized carbons (Fsp3) is 0.167. The molecule has 0 saturated carbocycles. The van der Waals surface area contributed by atoms with Crippen LogP contribution in [0.2, 0.25) is 0 Å². The Bertz CT molecular complexity index is 3670. The Labute approximate surface area is 379 Å². The highest BCUT2D eigenvalue weighted by atomic mass is 16.3. The minimum atomic E-state index is -0.541. The van der Waals surface area contributed by atoms with Gasteiger partial charge in [0.2, 0.25) is 7.28 Å². The van der Waals surface area contributed by atoms with Gasteiger partial charge in [-0.2, -0.15) is 0 Å². The van der Waals surface area contributed by atoms with Gasteiger partial charge in [0, 0.05) is 44.3 Å². The first kappa shape index (κ1) is 37.2. The van der Waals surface area contributed by atoms with E-state index < -0.39 is 5.41 Å². The molecule has 65 heavy (non-hydrogen) atoms. The van der Waals surface area contributed by atoms with E-state index in [0.29, 0.717) is 7.28 Å². The minimum Gasteiger partial charge on any atom is -0.469 e. The van der Waals surface area contributed by atoms with Crippen molar-refractivity contribution in [2.45, 2.75) is 63.7 Å². The molecule has 312 valence electrons. The molecule has 0 radical (unpaired) electrons. The molecular formula is C60H47BN2O2. The number of furan rings is 2. The molecule has 4 nitrogen and oxygen atoms in total. The van der Waals surface area contributed by atoms with Gasteiger partial charge in [-0.1, -0.05) is 149 Å². The Morgan fingerprint density at radius 3 is 1.85 bits per heavy atom. The second-order valence-corrected chi connectivity index (χ2v) is 20.3. The Morgan fingerprint density at radius 1 is 0.523 bits per heavy atom. The predicted octanol–water partition coefficient (Wildman–Crippen LogP) is 14.2. The van der Waals surface area contributed by atoms with Gasteiger partial charge in [-0.05, 0) is 123 Å². The summed E-state index contributed by atoms with van der Waals surface area (Å²) in [4.78, 5) is 2.56. The maximum absolute atomic E-state index is 7.15. The molecule has 4 heterocycles. The highest BCUT2D eigenvalue weighted by Crippen LogP contribution is 2.62. The van der Waals surface area contributed by atoms with Crippen molar-refractivity contribution in [2.75, 3.05) is 10.2 Å². The van der Waals surface area contributed by atoms with Crippen LogP contribution in [-0.4, -0.2) is 7.28 Å². The summed E-state index contributed by atoms with van der Waals surface area (Å²) in [7, 11) is 0.609. The zero-order valence-corrected chi connectivity index (χ0v) is 37.4. The fourth-order valence-electron chi connectivity index (χ4n) is 12.7. The van der Waals surface area contributed by atoms with E-state index >= 15 is 0 Å². The molecule has 2 aliphatic carbocycles. The average molecular weight is 839 g/mol. The SMILES string of the molecule is Cc1cc2c(cc1N1c3cc4c(oc5ccccc54)c(-c4cccc5c4Nc4ccccc4C54c5ccccc5-c5ccccc54)c3Bc3oc4ccccc4c31)C(C)(C)CCC2(C)C. The van der Waals surface area contributed by atoms with Gasteiger partial charge < -0.3 is 19.1 Å². The molecule has 0 amide bonds. The first-order valence-corrected chi connectivity index (χ1v) is 23.3. The summed E-state index contributed by atoms with van der Waals surface area (Å²) in [5.41, 5.74) is 24.2. The molecule has 2 aliphatic heterocycles. The lowest BCUT2D eigenvalue weighted by molar-refractivity contribution is 0.332. The van der Waals surface area contributed by atoms with Gasteiger partial charge in [0.1, 0.15) is 16.7 Å². The minimum absolute atomic E-state index is 0.0294. The number of nitrogens with one attached hydrogen (secondary N) is 1. The van der Waals surface area contributed by atoms with Gasteiger partial charge in [-0.15, -0.1) is 0 Å². The molecule has 0 saturated heterocycles. The maximum atomic E-state index is 7.15. The molecule has 8 aromatic carbocycles. The molecule has 1 spiro atoms. The summed E-state index contributed by atoms with van der Waals surface area (Å²) < 4.78 is 14.2. The first-order chi connectivity index (χ1) is 31.6. The molecule has 1 N–H and O–H groups in total. The van der Waals surface area contributed by atoms with Crippen LogP contribution in [0.3, 0.4) is 0 Å². The number of hydrogen-bond donors (Lipinski definition) is 1. The molecule has 0 unspecified atom stereocenters. The normalized spacial score (nSPS) is 16.5. The van der Waals surface area contributed by atoms with Crippen molar-refractivity contribution in [1.29, 1.82) is 0 Å². The third-order valence-electron chi connectivity index (χ3n) is 15.9. The van der Waals surface area contributed by atoms with Crippen molar-refractivity contribution in [3.8, 4) is 22.3 Å². The van der Waals surface area contributed by atoms with Gasteiger partial charge >= 0.3 is 0 Å². The van der Waals surface area contributed by atoms with Crippen LogP contribution in [-0.2, 0) is 16.2 Å². The summed E-state index contributed by atoms with van der Waals surface area (Å²) in [5, 5.41) is 7.43. The monoisotopic (exact) mass is 838 g/mol. The Kier molecular flexibility index (Phi) is 7.28. The van der Waals surface area contributed by atoms with Crippen LogP contribution in [0.5, 0.6) is 0 Å². The summed E-state index contributed by atoms with van der Waals surface area (Å²) in [6.45, 7) is 12.0. The molecule has 0 fully saturated rings. The average Bonchev–Trinajstić information content (AvgIpc) is 3.98. The summed E-state index contributed by atoms with van der Waals surface area (Å²) >= 11 is 0. The van der Waals surface area contributed by atoms with E-state index in [1.54, 1.807) is 0 Å². The number of rotatable bonds is 2. The van der Waals surface area contributed by atoms with Crippen molar-refractivity contribution in [2.24, 2.45) is 0 Å². The lowest BCUT2D eigenvalue weighted by Gasteiger charge is -2.43. The lowest BCUT2D eigenvalue weighted by atomic mass is 9.60. The topological polar surface area (TPSA) is 41.6 Å². The summed E-state index contributed by atoms with van der Waals surface area (Å²) in [6, 6.07) is 58.5. The van der Waals surface area contributed by atoms with Crippen LogP contribution >= 0.6 is 0 Å². The Morgan fingerprint density at radius 2 is 1.11 bits per heavy atom. The Balaban J connectivity index is 1.12. The van der Waals surface area contributed by atoms with E-state index in [2.05, 4.69) is 203 Å². The van der Waals surface area contributed by atoms with Crippen LogP contribution in [0.1, 0.15) is 79.5 Å². The van der Waals surface area contributed by atoms with E-state index in [4.69, 9.17) is 8.83 Å². The van der Waals surface area contributed by atoms with Gasteiger partial charge in [0.15, 0.2) is 0 Å². The summed E-state index contributed by atoms with van der Waals surface area (Å²) in [6.07, 6.45) is 2.31. The van der Waals surface area contributed by atoms with Crippen LogP contribution < -0.4 is 21.3 Å². The van der Waals surface area contributed by atoms with E-state index in [1.165, 1.54) is 67.6 Å². The second kappa shape index (κ2) is 12.7. The third-order valence-corrected chi connectivity index (χ3v) is 15.9. The lowest BCUT2D eigenvalue weighted by Crippen LogP contribution is -2.41. The molecule has 5 heteroatoms. The molecule has 10 aromatic rings. The van der Waals surface area contributed by atoms with Crippen LogP contribution in [0.15, 0.2) is 167 Å². The standard InChI is InChI=1S/C60H47BN2O2/c1-34-31-45-46(59(4,5)30-29-58(45,2)3)33-48(34)63-49-32-40-37-19-8-14-27-50(37)64-56(40)52(53(49)61-57-55(63)38-20-9-15-28-51(38)65-57)39-21-16-25-44-54(39)62-47-26-13-12-24-43(47)60(44)41-22-10-6-17-35(41)36-18-7-11-23-42(36)60/h6-28,31-33,61-62H,29-30H2,1-5H3. The van der Waals surface area contributed by atoms with Crippen LogP contribution in [0.25, 0.3) is 55.2 Å². The molecule has 14 rings (SSSR count).